The van der Waals surface area contributed by atoms with Gasteiger partial charge in [-0.25, -0.2) is 0 Å². The van der Waals surface area contributed by atoms with Gasteiger partial charge in [-0.1, -0.05) is 0 Å². The molecule has 12 heavy (non-hydrogen) atoms. The highest BCUT2D eigenvalue weighted by atomic mass is 16.5. The summed E-state index contributed by atoms with van der Waals surface area (Å²) in [5.74, 6) is -0.171. The lowest BCUT2D eigenvalue weighted by Gasteiger charge is -1.89. The number of aliphatic hydroxyl groups excluding tert-OH is 1. The van der Waals surface area contributed by atoms with Crippen LogP contribution in [0.2, 0.25) is 0 Å². The number of carbonyl (C=O) groups is 2. The number of hydrogen-bond donors (Lipinski definition) is 1. The van der Waals surface area contributed by atoms with Crippen molar-refractivity contribution in [1.82, 2.24) is 0 Å². The quantitative estimate of drug-likeness (QED) is 0.637. The van der Waals surface area contributed by atoms with E-state index in [1.54, 1.807) is 6.92 Å². The maximum atomic E-state index is 9.88. The molecule has 0 aliphatic carbocycles. The van der Waals surface area contributed by atoms with Gasteiger partial charge < -0.3 is 9.84 Å². The van der Waals surface area contributed by atoms with Crippen molar-refractivity contribution in [3.63, 3.8) is 0 Å². The van der Waals surface area contributed by atoms with Gasteiger partial charge in [0, 0.05) is 20.0 Å². The second kappa shape index (κ2) is 10.1. The molecule has 4 heteroatoms. The molecule has 0 aromatic heterocycles. The van der Waals surface area contributed by atoms with Crippen LogP contribution in [0.3, 0.4) is 0 Å². The monoisotopic (exact) mass is 176 g/mol. The minimum atomic E-state index is -0.211. The van der Waals surface area contributed by atoms with Crippen LogP contribution in [0.15, 0.2) is 0 Å². The molecule has 0 bridgehead atoms. The summed E-state index contributed by atoms with van der Waals surface area (Å²) in [4.78, 5) is 19.7. The van der Waals surface area contributed by atoms with Crippen LogP contribution in [0.4, 0.5) is 0 Å². The zero-order valence-corrected chi connectivity index (χ0v) is 7.79. The molecular weight excluding hydrogens is 160 g/mol. The van der Waals surface area contributed by atoms with Crippen LogP contribution in [-0.4, -0.2) is 30.1 Å². The summed E-state index contributed by atoms with van der Waals surface area (Å²) in [6, 6.07) is 0. The molecule has 0 saturated carbocycles. The Kier molecular flexibility index (Phi) is 11.5. The van der Waals surface area contributed by atoms with Crippen molar-refractivity contribution in [2.45, 2.75) is 27.2 Å². The van der Waals surface area contributed by atoms with Gasteiger partial charge in [-0.05, 0) is 13.8 Å². The fraction of sp³-hybridized carbons (Fsp3) is 0.750. The van der Waals surface area contributed by atoms with Crippen molar-refractivity contribution in [3.8, 4) is 0 Å². The first-order valence-electron chi connectivity index (χ1n) is 3.78. The Bertz CT molecular complexity index is 115. The van der Waals surface area contributed by atoms with E-state index in [2.05, 4.69) is 4.74 Å². The zero-order chi connectivity index (χ0) is 9.98. The van der Waals surface area contributed by atoms with E-state index in [1.807, 2.05) is 0 Å². The molecule has 4 nitrogen and oxygen atoms in total. The summed E-state index contributed by atoms with van der Waals surface area (Å²) >= 11 is 0. The number of rotatable bonds is 3. The average molecular weight is 176 g/mol. The van der Waals surface area contributed by atoms with Crippen LogP contribution < -0.4 is 0 Å². The summed E-state index contributed by atoms with van der Waals surface area (Å²) in [5.41, 5.74) is 0. The molecule has 0 atom stereocenters. The molecule has 0 fully saturated rings. The molecule has 0 aromatic carbocycles. The fourth-order valence-electron chi connectivity index (χ4n) is 0.361. The maximum absolute atomic E-state index is 9.88. The smallest absolute Gasteiger partial charge is 0.302 e. The van der Waals surface area contributed by atoms with Gasteiger partial charge in [0.05, 0.1) is 6.61 Å². The molecule has 72 valence electrons. The normalized spacial score (nSPS) is 8.00. The number of Topliss-reactive ketones (excluding diaryl/α,β-unsaturated/α-hetero) is 1. The molecule has 0 aliphatic heterocycles. The van der Waals surface area contributed by atoms with Crippen LogP contribution in [0.25, 0.3) is 0 Å². The van der Waals surface area contributed by atoms with Gasteiger partial charge in [0.15, 0.2) is 0 Å². The molecule has 0 rings (SSSR count). The summed E-state index contributed by atoms with van der Waals surface area (Å²) in [6.07, 6.45) is 0.292. The summed E-state index contributed by atoms with van der Waals surface area (Å²) in [7, 11) is 0. The Labute approximate surface area is 72.5 Å². The Hall–Kier alpha value is -0.900. The maximum Gasteiger partial charge on any atom is 0.302 e. The van der Waals surface area contributed by atoms with E-state index in [0.29, 0.717) is 13.0 Å². The van der Waals surface area contributed by atoms with E-state index >= 15 is 0 Å². The molecule has 1 N–H and O–H groups in total. The topological polar surface area (TPSA) is 63.6 Å². The first-order chi connectivity index (χ1) is 5.54. The third-order valence-electron chi connectivity index (χ3n) is 0.811. The molecular formula is C8H16O4. The molecule has 0 saturated heterocycles. The van der Waals surface area contributed by atoms with Gasteiger partial charge in [-0.15, -0.1) is 0 Å². The number of ether oxygens (including phenoxy) is 1. The van der Waals surface area contributed by atoms with Crippen LogP contribution >= 0.6 is 0 Å². The second-order valence-corrected chi connectivity index (χ2v) is 2.10. The molecule has 0 radical (unpaired) electrons. The van der Waals surface area contributed by atoms with Crippen molar-refractivity contribution in [2.75, 3.05) is 13.2 Å². The van der Waals surface area contributed by atoms with Gasteiger partial charge in [0.1, 0.15) is 5.78 Å². The van der Waals surface area contributed by atoms with E-state index in [4.69, 9.17) is 5.11 Å². The van der Waals surface area contributed by atoms with Gasteiger partial charge in [0.25, 0.3) is 0 Å². The van der Waals surface area contributed by atoms with E-state index in [0.717, 1.165) is 0 Å². The molecule has 0 aromatic rings. The number of aliphatic hydroxyl groups is 1. The first kappa shape index (κ1) is 13.7. The standard InChI is InChI=1S/2C4H8O2/c1-4(6)2-3-5;1-3-6-4(2)5/h5H,2-3H2,1H3;3H2,1-2H3. The number of esters is 1. The average Bonchev–Trinajstić information content (AvgIpc) is 1.87. The molecule has 0 unspecified atom stereocenters. The van der Waals surface area contributed by atoms with Crippen LogP contribution in [0.1, 0.15) is 27.2 Å². The summed E-state index contributed by atoms with van der Waals surface area (Å²) in [6.45, 7) is 5.09. The minimum Gasteiger partial charge on any atom is -0.466 e. The third-order valence-corrected chi connectivity index (χ3v) is 0.811. The minimum absolute atomic E-state index is 0.0185. The lowest BCUT2D eigenvalue weighted by Crippen LogP contribution is -1.95. The zero-order valence-electron chi connectivity index (χ0n) is 7.79. The predicted molar refractivity (Wildman–Crippen MR) is 44.7 cm³/mol. The lowest BCUT2D eigenvalue weighted by atomic mass is 10.3. The van der Waals surface area contributed by atoms with Crippen molar-refractivity contribution < 1.29 is 19.4 Å². The Morgan fingerprint density at radius 1 is 1.33 bits per heavy atom. The number of carbonyl (C=O) groups excluding carboxylic acids is 2. The second-order valence-electron chi connectivity index (χ2n) is 2.10. The highest BCUT2D eigenvalue weighted by molar-refractivity contribution is 5.75. The van der Waals surface area contributed by atoms with Crippen molar-refractivity contribution in [1.29, 1.82) is 0 Å². The predicted octanol–water partition coefficient (Wildman–Crippen LogP) is 0.527. The van der Waals surface area contributed by atoms with E-state index in [1.165, 1.54) is 13.8 Å². The lowest BCUT2D eigenvalue weighted by molar-refractivity contribution is -0.140. The van der Waals surface area contributed by atoms with Crippen LogP contribution in [-0.2, 0) is 14.3 Å². The number of ketones is 1. The first-order valence-corrected chi connectivity index (χ1v) is 3.78. The van der Waals surface area contributed by atoms with Gasteiger partial charge in [-0.2, -0.15) is 0 Å². The summed E-state index contributed by atoms with van der Waals surface area (Å²) in [5, 5.41) is 8.02. The molecule has 0 amide bonds. The van der Waals surface area contributed by atoms with Crippen LogP contribution in [0.5, 0.6) is 0 Å². The molecule has 0 spiro atoms. The van der Waals surface area contributed by atoms with Crippen molar-refractivity contribution >= 4 is 11.8 Å². The van der Waals surface area contributed by atoms with Crippen molar-refractivity contribution in [2.24, 2.45) is 0 Å². The van der Waals surface area contributed by atoms with E-state index in [9.17, 15) is 9.59 Å². The van der Waals surface area contributed by atoms with Gasteiger partial charge >= 0.3 is 5.97 Å². The SMILES string of the molecule is CC(=O)CCO.CCOC(C)=O. The fourth-order valence-corrected chi connectivity index (χ4v) is 0.361. The summed E-state index contributed by atoms with van der Waals surface area (Å²) < 4.78 is 4.40. The third kappa shape index (κ3) is 23.0. The Balaban J connectivity index is 0. The highest BCUT2D eigenvalue weighted by Gasteiger charge is 1.84. The number of hydrogen-bond acceptors (Lipinski definition) is 4. The largest absolute Gasteiger partial charge is 0.466 e. The van der Waals surface area contributed by atoms with E-state index < -0.39 is 0 Å². The van der Waals surface area contributed by atoms with Gasteiger partial charge in [0.2, 0.25) is 0 Å². The van der Waals surface area contributed by atoms with Crippen LogP contribution in [0, 0.1) is 0 Å². The molecule has 0 aliphatic rings. The van der Waals surface area contributed by atoms with E-state index in [-0.39, 0.29) is 18.4 Å². The van der Waals surface area contributed by atoms with Crippen molar-refractivity contribution in [3.05, 3.63) is 0 Å². The highest BCUT2D eigenvalue weighted by Crippen LogP contribution is 1.74. The van der Waals surface area contributed by atoms with Gasteiger partial charge in [-0.3, -0.25) is 9.59 Å². The molecule has 0 heterocycles. The Morgan fingerprint density at radius 3 is 1.83 bits per heavy atom. The Morgan fingerprint density at radius 2 is 1.83 bits per heavy atom.